The number of fused-ring (bicyclic) bond motifs is 1. The second-order valence-electron chi connectivity index (χ2n) is 5.22. The number of benzene rings is 1. The Morgan fingerprint density at radius 3 is 3.11 bits per heavy atom. The maximum Gasteiger partial charge on any atom is 0.128 e. The second kappa shape index (κ2) is 7.29. The Labute approximate surface area is 115 Å². The topological polar surface area (TPSA) is 38.3 Å². The number of aldehydes is 1. The molecule has 1 heterocycles. The number of aryl methyl sites for hydroxylation is 2. The molecule has 0 fully saturated rings. The van der Waals surface area contributed by atoms with Crippen molar-refractivity contribution in [3.8, 4) is 0 Å². The number of rotatable bonds is 7. The van der Waals surface area contributed by atoms with E-state index in [1.165, 1.54) is 16.8 Å². The van der Waals surface area contributed by atoms with Crippen molar-refractivity contribution in [1.29, 1.82) is 0 Å². The largest absolute Gasteiger partial charge is 0.360 e. The van der Waals surface area contributed by atoms with Gasteiger partial charge in [-0.2, -0.15) is 0 Å². The number of ether oxygens (including phenoxy) is 1. The van der Waals surface area contributed by atoms with Crippen LogP contribution in [0.4, 0.5) is 5.69 Å². The molecular formula is C16H23NO2. The van der Waals surface area contributed by atoms with Crippen molar-refractivity contribution in [2.45, 2.75) is 51.7 Å². The van der Waals surface area contributed by atoms with Gasteiger partial charge in [0, 0.05) is 18.7 Å². The van der Waals surface area contributed by atoms with E-state index in [4.69, 9.17) is 4.74 Å². The number of unbranched alkanes of at least 4 members (excludes halogenated alkanes) is 3. The van der Waals surface area contributed by atoms with Gasteiger partial charge in [-0.15, -0.1) is 0 Å². The van der Waals surface area contributed by atoms with Crippen LogP contribution < -0.4 is 5.32 Å². The SMILES string of the molecule is Cc1ccc2c(c1)NC(OCCCCCC=O)CC2. The molecule has 1 atom stereocenters. The molecule has 0 aliphatic carbocycles. The molecule has 19 heavy (non-hydrogen) atoms. The third-order valence-electron chi connectivity index (χ3n) is 3.54. The number of nitrogens with one attached hydrogen (secondary N) is 1. The van der Waals surface area contributed by atoms with Gasteiger partial charge in [0.25, 0.3) is 0 Å². The Kier molecular flexibility index (Phi) is 5.40. The first-order chi connectivity index (χ1) is 9.29. The Bertz CT molecular complexity index is 417. The van der Waals surface area contributed by atoms with Gasteiger partial charge in [-0.05, 0) is 49.8 Å². The molecule has 1 unspecified atom stereocenters. The van der Waals surface area contributed by atoms with Gasteiger partial charge in [-0.1, -0.05) is 18.6 Å². The molecule has 0 saturated heterocycles. The zero-order valence-corrected chi connectivity index (χ0v) is 11.7. The molecule has 1 aliphatic heterocycles. The Balaban J connectivity index is 1.71. The number of hydrogen-bond donors (Lipinski definition) is 1. The van der Waals surface area contributed by atoms with Crippen LogP contribution in [0.3, 0.4) is 0 Å². The van der Waals surface area contributed by atoms with Crippen LogP contribution in [-0.4, -0.2) is 19.1 Å². The molecule has 0 spiro atoms. The summed E-state index contributed by atoms with van der Waals surface area (Å²) in [5, 5.41) is 3.46. The zero-order chi connectivity index (χ0) is 13.5. The van der Waals surface area contributed by atoms with E-state index in [0.29, 0.717) is 6.42 Å². The molecule has 0 aromatic heterocycles. The van der Waals surface area contributed by atoms with Gasteiger partial charge in [0.05, 0.1) is 0 Å². The minimum absolute atomic E-state index is 0.139. The zero-order valence-electron chi connectivity index (χ0n) is 11.7. The predicted octanol–water partition coefficient (Wildman–Crippen LogP) is 3.46. The van der Waals surface area contributed by atoms with Crippen LogP contribution in [0.5, 0.6) is 0 Å². The van der Waals surface area contributed by atoms with Gasteiger partial charge >= 0.3 is 0 Å². The van der Waals surface area contributed by atoms with E-state index < -0.39 is 0 Å². The van der Waals surface area contributed by atoms with Crippen molar-refractivity contribution in [2.24, 2.45) is 0 Å². The highest BCUT2D eigenvalue weighted by Crippen LogP contribution is 2.26. The average molecular weight is 261 g/mol. The van der Waals surface area contributed by atoms with Crippen LogP contribution in [0.1, 0.15) is 43.2 Å². The van der Waals surface area contributed by atoms with E-state index in [9.17, 15) is 4.79 Å². The third kappa shape index (κ3) is 4.35. The number of anilines is 1. The first kappa shape index (κ1) is 14.1. The highest BCUT2D eigenvalue weighted by Gasteiger charge is 2.17. The quantitative estimate of drug-likeness (QED) is 0.603. The summed E-state index contributed by atoms with van der Waals surface area (Å²) >= 11 is 0. The number of carbonyl (C=O) groups excluding carboxylic acids is 1. The summed E-state index contributed by atoms with van der Waals surface area (Å²) in [5.41, 5.74) is 3.88. The molecule has 0 saturated carbocycles. The summed E-state index contributed by atoms with van der Waals surface area (Å²) in [5.74, 6) is 0. The molecule has 1 N–H and O–H groups in total. The maximum absolute atomic E-state index is 10.2. The lowest BCUT2D eigenvalue weighted by Crippen LogP contribution is -2.28. The predicted molar refractivity (Wildman–Crippen MR) is 77.4 cm³/mol. The fraction of sp³-hybridized carbons (Fsp3) is 0.562. The molecule has 1 aromatic rings. The summed E-state index contributed by atoms with van der Waals surface area (Å²) in [6.45, 7) is 2.89. The van der Waals surface area contributed by atoms with Crippen LogP contribution >= 0.6 is 0 Å². The van der Waals surface area contributed by atoms with Gasteiger partial charge in [0.2, 0.25) is 0 Å². The third-order valence-corrected chi connectivity index (χ3v) is 3.54. The van der Waals surface area contributed by atoms with Crippen LogP contribution in [0, 0.1) is 6.92 Å². The van der Waals surface area contributed by atoms with Crippen molar-refractivity contribution in [1.82, 2.24) is 0 Å². The highest BCUT2D eigenvalue weighted by molar-refractivity contribution is 5.55. The number of carbonyl (C=O) groups is 1. The first-order valence-electron chi connectivity index (χ1n) is 7.21. The lowest BCUT2D eigenvalue weighted by molar-refractivity contribution is -0.107. The summed E-state index contributed by atoms with van der Waals surface area (Å²) in [6, 6.07) is 6.55. The van der Waals surface area contributed by atoms with Crippen molar-refractivity contribution in [2.75, 3.05) is 11.9 Å². The van der Waals surface area contributed by atoms with Crippen molar-refractivity contribution in [3.63, 3.8) is 0 Å². The number of hydrogen-bond acceptors (Lipinski definition) is 3. The molecule has 0 bridgehead atoms. The Morgan fingerprint density at radius 2 is 2.26 bits per heavy atom. The minimum atomic E-state index is 0.139. The molecule has 104 valence electrons. The monoisotopic (exact) mass is 261 g/mol. The first-order valence-corrected chi connectivity index (χ1v) is 7.21. The van der Waals surface area contributed by atoms with E-state index in [-0.39, 0.29) is 6.23 Å². The highest BCUT2D eigenvalue weighted by atomic mass is 16.5. The summed E-state index contributed by atoms with van der Waals surface area (Å²) in [7, 11) is 0. The van der Waals surface area contributed by atoms with Crippen LogP contribution in [0.25, 0.3) is 0 Å². The van der Waals surface area contributed by atoms with Crippen molar-refractivity contribution >= 4 is 12.0 Å². The van der Waals surface area contributed by atoms with Gasteiger partial charge in [-0.3, -0.25) is 0 Å². The summed E-state index contributed by atoms with van der Waals surface area (Å²) in [6.07, 6.45) is 7.00. The van der Waals surface area contributed by atoms with Crippen molar-refractivity contribution < 1.29 is 9.53 Å². The van der Waals surface area contributed by atoms with Crippen LogP contribution in [0.15, 0.2) is 18.2 Å². The van der Waals surface area contributed by atoms with Crippen LogP contribution in [0.2, 0.25) is 0 Å². The van der Waals surface area contributed by atoms with Crippen LogP contribution in [-0.2, 0) is 16.0 Å². The average Bonchev–Trinajstić information content (AvgIpc) is 2.42. The lowest BCUT2D eigenvalue weighted by Gasteiger charge is -2.27. The smallest absolute Gasteiger partial charge is 0.128 e. The van der Waals surface area contributed by atoms with Gasteiger partial charge in [0.15, 0.2) is 0 Å². The molecule has 0 radical (unpaired) electrons. The molecule has 1 aromatic carbocycles. The fourth-order valence-corrected chi connectivity index (χ4v) is 2.43. The molecule has 0 amide bonds. The van der Waals surface area contributed by atoms with Gasteiger partial charge in [-0.25, -0.2) is 0 Å². The van der Waals surface area contributed by atoms with E-state index in [1.54, 1.807) is 0 Å². The Hall–Kier alpha value is -1.35. The molecule has 1 aliphatic rings. The van der Waals surface area contributed by atoms with Gasteiger partial charge < -0.3 is 14.8 Å². The molecule has 3 heteroatoms. The van der Waals surface area contributed by atoms with Crippen molar-refractivity contribution in [3.05, 3.63) is 29.3 Å². The lowest BCUT2D eigenvalue weighted by atomic mass is 10.0. The maximum atomic E-state index is 10.2. The second-order valence-corrected chi connectivity index (χ2v) is 5.22. The molecule has 2 rings (SSSR count). The normalized spacial score (nSPS) is 17.6. The fourth-order valence-electron chi connectivity index (χ4n) is 2.43. The molecular weight excluding hydrogens is 238 g/mol. The van der Waals surface area contributed by atoms with E-state index >= 15 is 0 Å². The Morgan fingerprint density at radius 1 is 1.37 bits per heavy atom. The summed E-state index contributed by atoms with van der Waals surface area (Å²) < 4.78 is 5.86. The standard InChI is InChI=1S/C16H23NO2/c1-13-6-7-14-8-9-16(17-15(14)12-13)19-11-5-3-2-4-10-18/h6-7,10,12,16-17H,2-5,8-9,11H2,1H3. The van der Waals surface area contributed by atoms with E-state index in [0.717, 1.165) is 45.0 Å². The minimum Gasteiger partial charge on any atom is -0.360 e. The molecule has 3 nitrogen and oxygen atoms in total. The van der Waals surface area contributed by atoms with Gasteiger partial charge in [0.1, 0.15) is 12.5 Å². The van der Waals surface area contributed by atoms with E-state index in [1.807, 2.05) is 0 Å². The summed E-state index contributed by atoms with van der Waals surface area (Å²) in [4.78, 5) is 10.2. The van der Waals surface area contributed by atoms with E-state index in [2.05, 4.69) is 30.4 Å².